The number of carbonyl (C=O) groups is 1. The van der Waals surface area contributed by atoms with Crippen molar-refractivity contribution < 1.29 is 22.7 Å². The van der Waals surface area contributed by atoms with Gasteiger partial charge in [0.25, 0.3) is 5.91 Å². The fourth-order valence-corrected chi connectivity index (χ4v) is 1.82. The number of alkyl halides is 3. The zero-order chi connectivity index (χ0) is 15.3. The Bertz CT molecular complexity index is 463. The van der Waals surface area contributed by atoms with E-state index in [9.17, 15) is 18.0 Å². The minimum absolute atomic E-state index is 0.110. The molecular weight excluding hydrogens is 273 g/mol. The van der Waals surface area contributed by atoms with E-state index < -0.39 is 23.7 Å². The van der Waals surface area contributed by atoms with Gasteiger partial charge in [0.2, 0.25) is 0 Å². The van der Waals surface area contributed by atoms with Gasteiger partial charge in [-0.15, -0.1) is 0 Å². The summed E-state index contributed by atoms with van der Waals surface area (Å²) in [6.45, 7) is 0.331. The SMILES string of the molecule is COCC(N)CN(C)C(=O)c1ccccc1C(F)(F)F. The van der Waals surface area contributed by atoms with E-state index in [1.165, 1.54) is 26.3 Å². The largest absolute Gasteiger partial charge is 0.417 e. The number of amides is 1. The van der Waals surface area contributed by atoms with Crippen LogP contribution in [0, 0.1) is 0 Å². The molecule has 1 rings (SSSR count). The second kappa shape index (κ2) is 6.71. The van der Waals surface area contributed by atoms with Gasteiger partial charge in [-0.2, -0.15) is 13.2 Å². The van der Waals surface area contributed by atoms with Gasteiger partial charge in [-0.05, 0) is 12.1 Å². The van der Waals surface area contributed by atoms with Crippen molar-refractivity contribution in [2.24, 2.45) is 5.73 Å². The van der Waals surface area contributed by atoms with Crippen molar-refractivity contribution in [2.75, 3.05) is 27.3 Å². The van der Waals surface area contributed by atoms with Crippen molar-refractivity contribution in [1.82, 2.24) is 4.90 Å². The predicted octanol–water partition coefficient (Wildman–Crippen LogP) is 1.75. The number of methoxy groups -OCH3 is 1. The number of nitrogens with zero attached hydrogens (tertiary/aromatic N) is 1. The summed E-state index contributed by atoms with van der Waals surface area (Å²) in [5, 5.41) is 0. The summed E-state index contributed by atoms with van der Waals surface area (Å²) >= 11 is 0. The van der Waals surface area contributed by atoms with Crippen LogP contribution in [0.4, 0.5) is 13.2 Å². The summed E-state index contributed by atoms with van der Waals surface area (Å²) in [7, 11) is 2.87. The lowest BCUT2D eigenvalue weighted by molar-refractivity contribution is -0.138. The molecule has 1 unspecified atom stereocenters. The number of rotatable bonds is 5. The number of nitrogens with two attached hydrogens (primary N) is 1. The van der Waals surface area contributed by atoms with E-state index in [-0.39, 0.29) is 18.7 Å². The third kappa shape index (κ3) is 4.21. The van der Waals surface area contributed by atoms with Gasteiger partial charge in [-0.25, -0.2) is 0 Å². The summed E-state index contributed by atoms with van der Waals surface area (Å²) in [4.78, 5) is 13.2. The van der Waals surface area contributed by atoms with Crippen molar-refractivity contribution in [2.45, 2.75) is 12.2 Å². The number of benzene rings is 1. The number of halogens is 3. The van der Waals surface area contributed by atoms with E-state index in [1.54, 1.807) is 0 Å². The number of likely N-dealkylation sites (N-methyl/N-ethyl adjacent to an activating group) is 1. The van der Waals surface area contributed by atoms with Crippen LogP contribution in [0.25, 0.3) is 0 Å². The summed E-state index contributed by atoms with van der Waals surface area (Å²) in [6.07, 6.45) is -4.57. The van der Waals surface area contributed by atoms with E-state index in [0.717, 1.165) is 17.0 Å². The fraction of sp³-hybridized carbons (Fsp3) is 0.462. The molecule has 2 N–H and O–H groups in total. The Morgan fingerprint density at radius 1 is 1.40 bits per heavy atom. The van der Waals surface area contributed by atoms with Crippen LogP contribution in [0.3, 0.4) is 0 Å². The highest BCUT2D eigenvalue weighted by molar-refractivity contribution is 5.95. The molecule has 0 bridgehead atoms. The van der Waals surface area contributed by atoms with Gasteiger partial charge in [-0.1, -0.05) is 12.1 Å². The van der Waals surface area contributed by atoms with Gasteiger partial charge in [0.1, 0.15) is 0 Å². The number of hydrogen-bond donors (Lipinski definition) is 1. The van der Waals surface area contributed by atoms with Crippen LogP contribution < -0.4 is 5.73 Å². The summed E-state index contributed by atoms with van der Waals surface area (Å²) in [6, 6.07) is 4.23. The molecule has 7 heteroatoms. The number of hydrogen-bond acceptors (Lipinski definition) is 3. The predicted molar refractivity (Wildman–Crippen MR) is 68.3 cm³/mol. The second-order valence-corrected chi connectivity index (χ2v) is 4.44. The molecule has 4 nitrogen and oxygen atoms in total. The van der Waals surface area contributed by atoms with E-state index in [4.69, 9.17) is 10.5 Å². The van der Waals surface area contributed by atoms with Crippen LogP contribution in [0.15, 0.2) is 24.3 Å². The molecule has 0 spiro atoms. The topological polar surface area (TPSA) is 55.6 Å². The van der Waals surface area contributed by atoms with Crippen LogP contribution in [-0.2, 0) is 10.9 Å². The lowest BCUT2D eigenvalue weighted by atomic mass is 10.1. The summed E-state index contributed by atoms with van der Waals surface area (Å²) in [5.41, 5.74) is 4.35. The Hall–Kier alpha value is -1.60. The maximum absolute atomic E-state index is 12.8. The van der Waals surface area contributed by atoms with Gasteiger partial charge in [0.15, 0.2) is 0 Å². The molecule has 0 aliphatic rings. The number of ether oxygens (including phenoxy) is 1. The molecule has 20 heavy (non-hydrogen) atoms. The highest BCUT2D eigenvalue weighted by Gasteiger charge is 2.35. The molecule has 112 valence electrons. The molecule has 0 radical (unpaired) electrons. The van der Waals surface area contributed by atoms with Crippen LogP contribution in [0.1, 0.15) is 15.9 Å². The molecule has 1 aromatic rings. The molecule has 0 aromatic heterocycles. The molecule has 0 heterocycles. The quantitative estimate of drug-likeness (QED) is 0.899. The van der Waals surface area contributed by atoms with Crippen molar-refractivity contribution in [3.8, 4) is 0 Å². The van der Waals surface area contributed by atoms with Gasteiger partial charge < -0.3 is 15.4 Å². The zero-order valence-corrected chi connectivity index (χ0v) is 11.3. The molecule has 0 saturated carbocycles. The lowest BCUT2D eigenvalue weighted by Gasteiger charge is -2.22. The molecule has 1 atom stereocenters. The van der Waals surface area contributed by atoms with Gasteiger partial charge in [-0.3, -0.25) is 4.79 Å². The van der Waals surface area contributed by atoms with Crippen LogP contribution in [0.5, 0.6) is 0 Å². The van der Waals surface area contributed by atoms with E-state index in [1.807, 2.05) is 0 Å². The number of carbonyl (C=O) groups excluding carboxylic acids is 1. The summed E-state index contributed by atoms with van der Waals surface area (Å²) < 4.78 is 43.3. The molecule has 0 fully saturated rings. The van der Waals surface area contributed by atoms with Gasteiger partial charge >= 0.3 is 6.18 Å². The lowest BCUT2D eigenvalue weighted by Crippen LogP contribution is -2.41. The molecular formula is C13H17F3N2O2. The van der Waals surface area contributed by atoms with E-state index in [2.05, 4.69) is 0 Å². The normalized spacial score (nSPS) is 13.1. The maximum Gasteiger partial charge on any atom is 0.417 e. The standard InChI is InChI=1S/C13H17F3N2O2/c1-18(7-9(17)8-20-2)12(19)10-5-3-4-6-11(10)13(14,15)16/h3-6,9H,7-8,17H2,1-2H3. The Balaban J connectivity index is 2.92. The van der Waals surface area contributed by atoms with Crippen molar-refractivity contribution in [3.05, 3.63) is 35.4 Å². The molecule has 1 aromatic carbocycles. The summed E-state index contributed by atoms with van der Waals surface area (Å²) in [5.74, 6) is -0.718. The average molecular weight is 290 g/mol. The monoisotopic (exact) mass is 290 g/mol. The van der Waals surface area contributed by atoms with Gasteiger partial charge in [0, 0.05) is 26.7 Å². The molecule has 0 aliphatic heterocycles. The Labute approximate surface area is 115 Å². The Kier molecular flexibility index (Phi) is 5.52. The zero-order valence-electron chi connectivity index (χ0n) is 11.3. The van der Waals surface area contributed by atoms with Crippen molar-refractivity contribution in [3.63, 3.8) is 0 Å². The smallest absolute Gasteiger partial charge is 0.383 e. The minimum atomic E-state index is -4.57. The third-order valence-corrected chi connectivity index (χ3v) is 2.70. The molecule has 0 aliphatic carbocycles. The van der Waals surface area contributed by atoms with Crippen molar-refractivity contribution >= 4 is 5.91 Å². The van der Waals surface area contributed by atoms with Crippen molar-refractivity contribution in [1.29, 1.82) is 0 Å². The molecule has 1 amide bonds. The highest BCUT2D eigenvalue weighted by atomic mass is 19.4. The Morgan fingerprint density at radius 2 is 2.00 bits per heavy atom. The van der Waals surface area contributed by atoms with E-state index in [0.29, 0.717) is 0 Å². The van der Waals surface area contributed by atoms with Crippen LogP contribution >= 0.6 is 0 Å². The first kappa shape index (κ1) is 16.5. The van der Waals surface area contributed by atoms with E-state index >= 15 is 0 Å². The third-order valence-electron chi connectivity index (χ3n) is 2.70. The van der Waals surface area contributed by atoms with Crippen LogP contribution in [0.2, 0.25) is 0 Å². The first-order chi connectivity index (χ1) is 9.27. The van der Waals surface area contributed by atoms with Crippen LogP contribution in [-0.4, -0.2) is 44.2 Å². The fourth-order valence-electron chi connectivity index (χ4n) is 1.82. The highest BCUT2D eigenvalue weighted by Crippen LogP contribution is 2.32. The second-order valence-electron chi connectivity index (χ2n) is 4.44. The molecule has 0 saturated heterocycles. The van der Waals surface area contributed by atoms with Gasteiger partial charge in [0.05, 0.1) is 17.7 Å². The first-order valence-electron chi connectivity index (χ1n) is 5.93. The maximum atomic E-state index is 12.8. The minimum Gasteiger partial charge on any atom is -0.383 e. The average Bonchev–Trinajstić information content (AvgIpc) is 2.37. The first-order valence-corrected chi connectivity index (χ1v) is 5.93. The Morgan fingerprint density at radius 3 is 2.55 bits per heavy atom.